The predicted molar refractivity (Wildman–Crippen MR) is 87.4 cm³/mol. The fourth-order valence-electron chi connectivity index (χ4n) is 2.02. The lowest BCUT2D eigenvalue weighted by atomic mass is 9.98. The van der Waals surface area contributed by atoms with Crippen molar-refractivity contribution in [2.24, 2.45) is 5.73 Å². The Kier molecular flexibility index (Phi) is 5.24. The summed E-state index contributed by atoms with van der Waals surface area (Å²) in [5.41, 5.74) is 7.84. The van der Waals surface area contributed by atoms with Crippen LogP contribution in [0.15, 0.2) is 39.3 Å². The van der Waals surface area contributed by atoms with Crippen molar-refractivity contribution in [2.45, 2.75) is 6.04 Å². The highest BCUT2D eigenvalue weighted by Crippen LogP contribution is 2.35. The molecule has 0 spiro atoms. The first-order chi connectivity index (χ1) is 9.97. The molecule has 0 aliphatic heterocycles. The topological polar surface area (TPSA) is 44.5 Å². The molecule has 2 N–H and O–H groups in total. The molecule has 1 unspecified atom stereocenters. The molecule has 3 nitrogen and oxygen atoms in total. The first-order valence-electron chi connectivity index (χ1n) is 6.10. The van der Waals surface area contributed by atoms with Crippen molar-refractivity contribution >= 4 is 31.9 Å². The van der Waals surface area contributed by atoms with Crippen LogP contribution < -0.4 is 15.2 Å². The van der Waals surface area contributed by atoms with Gasteiger partial charge in [-0.25, -0.2) is 4.39 Å². The maximum Gasteiger partial charge on any atom is 0.141 e. The Morgan fingerprint density at radius 1 is 1.00 bits per heavy atom. The molecule has 0 heterocycles. The highest BCUT2D eigenvalue weighted by atomic mass is 79.9. The summed E-state index contributed by atoms with van der Waals surface area (Å²) in [6.45, 7) is 0. The van der Waals surface area contributed by atoms with E-state index >= 15 is 0 Å². The van der Waals surface area contributed by atoms with Crippen molar-refractivity contribution in [3.63, 3.8) is 0 Å². The second kappa shape index (κ2) is 6.77. The number of nitrogens with two attached hydrogens (primary N) is 1. The summed E-state index contributed by atoms with van der Waals surface area (Å²) in [6, 6.07) is 8.07. The van der Waals surface area contributed by atoms with Crippen molar-refractivity contribution < 1.29 is 13.9 Å². The maximum atomic E-state index is 13.6. The number of hydrogen-bond donors (Lipinski definition) is 1. The normalized spacial score (nSPS) is 12.1. The minimum absolute atomic E-state index is 0.348. The molecule has 2 rings (SSSR count). The monoisotopic (exact) mass is 417 g/mol. The van der Waals surface area contributed by atoms with Gasteiger partial charge in [-0.1, -0.05) is 6.07 Å². The van der Waals surface area contributed by atoms with E-state index in [1.165, 1.54) is 13.2 Å². The summed E-state index contributed by atoms with van der Waals surface area (Å²) in [7, 11) is 3.09. The van der Waals surface area contributed by atoms with Crippen molar-refractivity contribution in [1.82, 2.24) is 0 Å². The Bertz CT molecular complexity index is 664. The third kappa shape index (κ3) is 3.39. The molecule has 0 saturated heterocycles. The maximum absolute atomic E-state index is 13.6. The van der Waals surface area contributed by atoms with E-state index in [0.29, 0.717) is 15.8 Å². The van der Waals surface area contributed by atoms with Gasteiger partial charge in [0.1, 0.15) is 17.3 Å². The molecule has 2 aromatic carbocycles. The standard InChI is InChI=1S/C15H14Br2FNO2/c1-20-13-4-3-8(5-11(13)17)15(19)9-6-10(16)12(18)7-14(9)21-2/h3-7,15H,19H2,1-2H3. The zero-order valence-corrected chi connectivity index (χ0v) is 14.7. The molecule has 0 aliphatic carbocycles. The van der Waals surface area contributed by atoms with E-state index < -0.39 is 11.9 Å². The average Bonchev–Trinajstić information content (AvgIpc) is 2.48. The van der Waals surface area contributed by atoms with E-state index in [2.05, 4.69) is 31.9 Å². The molecule has 2 aromatic rings. The first-order valence-corrected chi connectivity index (χ1v) is 7.68. The fraction of sp³-hybridized carbons (Fsp3) is 0.200. The SMILES string of the molecule is COc1ccc(C(N)c2cc(Br)c(F)cc2OC)cc1Br. The number of rotatable bonds is 4. The Balaban J connectivity index is 2.46. The molecule has 6 heteroatoms. The van der Waals surface area contributed by atoms with E-state index in [0.717, 1.165) is 15.8 Å². The van der Waals surface area contributed by atoms with E-state index in [1.807, 2.05) is 18.2 Å². The van der Waals surface area contributed by atoms with Gasteiger partial charge in [0.2, 0.25) is 0 Å². The summed E-state index contributed by atoms with van der Waals surface area (Å²) in [5.74, 6) is 0.743. The van der Waals surface area contributed by atoms with Crippen LogP contribution in [0, 0.1) is 5.82 Å². The first kappa shape index (κ1) is 16.3. The van der Waals surface area contributed by atoms with Crippen LogP contribution in [0.5, 0.6) is 11.5 Å². The third-order valence-corrected chi connectivity index (χ3v) is 4.37. The fourth-order valence-corrected chi connectivity index (χ4v) is 2.94. The van der Waals surface area contributed by atoms with Crippen molar-refractivity contribution in [3.05, 3.63) is 56.2 Å². The van der Waals surface area contributed by atoms with Crippen LogP contribution in [0.4, 0.5) is 4.39 Å². The molecule has 1 atom stereocenters. The van der Waals surface area contributed by atoms with E-state index in [9.17, 15) is 4.39 Å². The molecule has 0 bridgehead atoms. The van der Waals surface area contributed by atoms with E-state index in [1.54, 1.807) is 13.2 Å². The number of ether oxygens (including phenoxy) is 2. The minimum Gasteiger partial charge on any atom is -0.496 e. The number of halogens is 3. The predicted octanol–water partition coefficient (Wildman–Crippen LogP) is 4.42. The lowest BCUT2D eigenvalue weighted by molar-refractivity contribution is 0.403. The van der Waals surface area contributed by atoms with Crippen LogP contribution in [0.25, 0.3) is 0 Å². The Morgan fingerprint density at radius 3 is 2.24 bits per heavy atom. The van der Waals surface area contributed by atoms with Gasteiger partial charge in [-0.05, 0) is 55.6 Å². The Hall–Kier alpha value is -1.11. The second-order valence-electron chi connectivity index (χ2n) is 4.38. The molecule has 0 amide bonds. The third-order valence-electron chi connectivity index (χ3n) is 3.14. The molecule has 0 aromatic heterocycles. The zero-order chi connectivity index (χ0) is 15.6. The summed E-state index contributed by atoms with van der Waals surface area (Å²) < 4.78 is 25.2. The molecule has 21 heavy (non-hydrogen) atoms. The van der Waals surface area contributed by atoms with Gasteiger partial charge in [0, 0.05) is 11.6 Å². The lowest BCUT2D eigenvalue weighted by Gasteiger charge is -2.18. The molecular formula is C15H14Br2FNO2. The summed E-state index contributed by atoms with van der Waals surface area (Å²) in [5, 5.41) is 0. The van der Waals surface area contributed by atoms with Gasteiger partial charge in [-0.3, -0.25) is 0 Å². The quantitative estimate of drug-likeness (QED) is 0.799. The summed E-state index contributed by atoms with van der Waals surface area (Å²) in [4.78, 5) is 0. The molecular weight excluding hydrogens is 405 g/mol. The van der Waals surface area contributed by atoms with Gasteiger partial charge < -0.3 is 15.2 Å². The van der Waals surface area contributed by atoms with Crippen LogP contribution in [-0.4, -0.2) is 14.2 Å². The smallest absolute Gasteiger partial charge is 0.141 e. The molecule has 0 saturated carbocycles. The van der Waals surface area contributed by atoms with Crippen LogP contribution in [0.1, 0.15) is 17.2 Å². The van der Waals surface area contributed by atoms with Crippen LogP contribution in [-0.2, 0) is 0 Å². The number of benzene rings is 2. The van der Waals surface area contributed by atoms with Crippen molar-refractivity contribution in [2.75, 3.05) is 14.2 Å². The highest BCUT2D eigenvalue weighted by molar-refractivity contribution is 9.10. The molecule has 0 radical (unpaired) electrons. The second-order valence-corrected chi connectivity index (χ2v) is 6.09. The Morgan fingerprint density at radius 2 is 1.67 bits per heavy atom. The van der Waals surface area contributed by atoms with Gasteiger partial charge in [0.25, 0.3) is 0 Å². The van der Waals surface area contributed by atoms with Crippen molar-refractivity contribution in [1.29, 1.82) is 0 Å². The van der Waals surface area contributed by atoms with Crippen LogP contribution >= 0.6 is 31.9 Å². The molecule has 0 aliphatic rings. The number of methoxy groups -OCH3 is 2. The highest BCUT2D eigenvalue weighted by Gasteiger charge is 2.18. The summed E-state index contributed by atoms with van der Waals surface area (Å²) in [6.07, 6.45) is 0. The average molecular weight is 419 g/mol. The van der Waals surface area contributed by atoms with E-state index in [-0.39, 0.29) is 0 Å². The molecule has 0 fully saturated rings. The lowest BCUT2D eigenvalue weighted by Crippen LogP contribution is -2.13. The van der Waals surface area contributed by atoms with Gasteiger partial charge in [0.15, 0.2) is 0 Å². The summed E-state index contributed by atoms with van der Waals surface area (Å²) >= 11 is 6.60. The van der Waals surface area contributed by atoms with Gasteiger partial charge in [-0.15, -0.1) is 0 Å². The Labute approximate surface area is 139 Å². The van der Waals surface area contributed by atoms with Crippen molar-refractivity contribution in [3.8, 4) is 11.5 Å². The number of hydrogen-bond acceptors (Lipinski definition) is 3. The minimum atomic E-state index is -0.445. The van der Waals surface area contributed by atoms with Crippen LogP contribution in [0.3, 0.4) is 0 Å². The van der Waals surface area contributed by atoms with Crippen LogP contribution in [0.2, 0.25) is 0 Å². The molecule has 112 valence electrons. The largest absolute Gasteiger partial charge is 0.496 e. The van der Waals surface area contributed by atoms with Gasteiger partial charge in [0.05, 0.1) is 29.2 Å². The van der Waals surface area contributed by atoms with E-state index in [4.69, 9.17) is 15.2 Å². The zero-order valence-electron chi connectivity index (χ0n) is 11.5. The van der Waals surface area contributed by atoms with Gasteiger partial charge >= 0.3 is 0 Å². The van der Waals surface area contributed by atoms with Gasteiger partial charge in [-0.2, -0.15) is 0 Å².